The number of aliphatic imine (C=N–C) groups is 1. The third kappa shape index (κ3) is 3.66. The van der Waals surface area contributed by atoms with Crippen molar-refractivity contribution in [3.8, 4) is 11.4 Å². The molecule has 34 heavy (non-hydrogen) atoms. The van der Waals surface area contributed by atoms with Gasteiger partial charge in [0.2, 0.25) is 5.17 Å². The van der Waals surface area contributed by atoms with Crippen molar-refractivity contribution in [1.29, 1.82) is 5.41 Å². The number of methoxy groups -OCH3 is 1. The van der Waals surface area contributed by atoms with Gasteiger partial charge in [0.25, 0.3) is 5.91 Å². The number of nitrogens with zero attached hydrogens (tertiary/aromatic N) is 4. The van der Waals surface area contributed by atoms with Crippen molar-refractivity contribution in [2.24, 2.45) is 10.1 Å². The maximum Gasteiger partial charge on any atom is 0.283 e. The first-order chi connectivity index (χ1) is 16.4. The molecule has 0 aliphatic carbocycles. The Hall–Kier alpha value is -3.91. The summed E-state index contributed by atoms with van der Waals surface area (Å²) in [6, 6.07) is 17.8. The fraction of sp³-hybridized carbons (Fsp3) is 0.154. The molecule has 2 aliphatic heterocycles. The molecule has 0 fully saturated rings. The number of benzene rings is 2. The fourth-order valence-electron chi connectivity index (χ4n) is 4.16. The lowest BCUT2D eigenvalue weighted by Crippen LogP contribution is -2.35. The summed E-state index contributed by atoms with van der Waals surface area (Å²) >= 11 is 1.30. The highest BCUT2D eigenvalue weighted by Gasteiger charge is 2.36. The summed E-state index contributed by atoms with van der Waals surface area (Å²) in [7, 11) is 1.65. The van der Waals surface area contributed by atoms with Crippen LogP contribution in [0.5, 0.6) is 5.75 Å². The van der Waals surface area contributed by atoms with Crippen molar-refractivity contribution < 1.29 is 9.53 Å². The van der Waals surface area contributed by atoms with Crippen LogP contribution in [0.15, 0.2) is 70.3 Å². The summed E-state index contributed by atoms with van der Waals surface area (Å²) in [5.41, 5.74) is 5.94. The minimum Gasteiger partial charge on any atom is -0.495 e. The summed E-state index contributed by atoms with van der Waals surface area (Å²) in [6.07, 6.45) is 1.73. The van der Waals surface area contributed by atoms with Gasteiger partial charge in [-0.3, -0.25) is 10.2 Å². The van der Waals surface area contributed by atoms with E-state index in [0.717, 1.165) is 44.6 Å². The number of aromatic nitrogens is 1. The smallest absolute Gasteiger partial charge is 0.283 e. The minimum absolute atomic E-state index is 0.0206. The molecule has 1 amide bonds. The second kappa shape index (κ2) is 8.46. The molecule has 0 bridgehead atoms. The van der Waals surface area contributed by atoms with E-state index in [9.17, 15) is 4.79 Å². The molecule has 3 heterocycles. The van der Waals surface area contributed by atoms with Crippen LogP contribution in [0.4, 0.5) is 0 Å². The van der Waals surface area contributed by atoms with Crippen molar-refractivity contribution in [2.75, 3.05) is 7.11 Å². The van der Waals surface area contributed by atoms with Crippen LogP contribution < -0.4 is 4.74 Å². The Kier molecular flexibility index (Phi) is 5.45. The maximum absolute atomic E-state index is 12.9. The van der Waals surface area contributed by atoms with Crippen molar-refractivity contribution in [1.82, 2.24) is 9.58 Å². The van der Waals surface area contributed by atoms with Crippen LogP contribution in [0.3, 0.4) is 0 Å². The first-order valence-corrected chi connectivity index (χ1v) is 11.6. The Balaban J connectivity index is 1.53. The van der Waals surface area contributed by atoms with Gasteiger partial charge >= 0.3 is 0 Å². The van der Waals surface area contributed by atoms with Gasteiger partial charge in [-0.25, -0.2) is 0 Å². The summed E-state index contributed by atoms with van der Waals surface area (Å²) in [4.78, 5) is 17.1. The summed E-state index contributed by atoms with van der Waals surface area (Å²) < 4.78 is 7.62. The predicted octanol–water partition coefficient (Wildman–Crippen LogP) is 5.08. The molecule has 1 N–H and O–H groups in total. The van der Waals surface area contributed by atoms with Crippen molar-refractivity contribution in [2.45, 2.75) is 20.8 Å². The highest BCUT2D eigenvalue weighted by Crippen LogP contribution is 2.33. The number of hydrogen-bond donors (Lipinski definition) is 1. The molecule has 2 aromatic carbocycles. The molecular formula is C26H23N5O2S. The Morgan fingerprint density at radius 3 is 2.62 bits per heavy atom. The Morgan fingerprint density at radius 2 is 1.85 bits per heavy atom. The monoisotopic (exact) mass is 469 g/mol. The van der Waals surface area contributed by atoms with E-state index in [1.165, 1.54) is 16.8 Å². The number of aryl methyl sites for hydroxylation is 2. The lowest BCUT2D eigenvalue weighted by molar-refractivity contribution is -0.114. The summed E-state index contributed by atoms with van der Waals surface area (Å²) in [5, 5.41) is 15.9. The standard InChI is InChI=1S/C26H23N5O2S/c1-15-8-7-9-18(12-15)25-29-31-23(27)20(24(32)28-26(31)34-25)14-19-13-16(2)30(17(19)3)21-10-5-6-11-22(21)33-4/h5-14,27H,1-4H3/b20-14+,27-23?. The van der Waals surface area contributed by atoms with Gasteiger partial charge in [-0.15, -0.1) is 0 Å². The van der Waals surface area contributed by atoms with Gasteiger partial charge < -0.3 is 9.30 Å². The molecule has 0 radical (unpaired) electrons. The van der Waals surface area contributed by atoms with Crippen LogP contribution in [-0.4, -0.2) is 38.6 Å². The Labute approximate surface area is 202 Å². The first kappa shape index (κ1) is 21.9. The molecule has 2 aliphatic rings. The maximum atomic E-state index is 12.9. The summed E-state index contributed by atoms with van der Waals surface area (Å²) in [6.45, 7) is 6.00. The highest BCUT2D eigenvalue weighted by molar-refractivity contribution is 8.27. The number of rotatable bonds is 4. The van der Waals surface area contributed by atoms with Gasteiger partial charge in [0.15, 0.2) is 5.84 Å². The fourth-order valence-corrected chi connectivity index (χ4v) is 5.05. The third-order valence-electron chi connectivity index (χ3n) is 5.82. The van der Waals surface area contributed by atoms with Crippen LogP contribution in [0.25, 0.3) is 11.8 Å². The highest BCUT2D eigenvalue weighted by atomic mass is 32.2. The average molecular weight is 470 g/mol. The van der Waals surface area contributed by atoms with Crippen molar-refractivity contribution in [3.05, 3.63) is 88.2 Å². The number of fused-ring (bicyclic) bond motifs is 1. The van der Waals surface area contributed by atoms with Gasteiger partial charge in [0.1, 0.15) is 10.8 Å². The van der Waals surface area contributed by atoms with E-state index in [1.54, 1.807) is 13.2 Å². The summed E-state index contributed by atoms with van der Waals surface area (Å²) in [5.74, 6) is 0.338. The van der Waals surface area contributed by atoms with E-state index >= 15 is 0 Å². The van der Waals surface area contributed by atoms with E-state index in [2.05, 4.69) is 14.7 Å². The van der Waals surface area contributed by atoms with Gasteiger partial charge in [-0.05, 0) is 68.4 Å². The zero-order valence-corrected chi connectivity index (χ0v) is 20.1. The van der Waals surface area contributed by atoms with Gasteiger partial charge in [0.05, 0.1) is 18.4 Å². The molecule has 0 atom stereocenters. The van der Waals surface area contributed by atoms with Gasteiger partial charge in [-0.1, -0.05) is 35.9 Å². The van der Waals surface area contributed by atoms with E-state index < -0.39 is 5.91 Å². The number of thioether (sulfide) groups is 1. The topological polar surface area (TPSA) is 83.0 Å². The molecular weight excluding hydrogens is 446 g/mol. The molecule has 1 aromatic heterocycles. The molecule has 0 saturated heterocycles. The number of amides is 1. The van der Waals surface area contributed by atoms with Crippen LogP contribution in [0.2, 0.25) is 0 Å². The van der Waals surface area contributed by atoms with Crippen molar-refractivity contribution in [3.63, 3.8) is 0 Å². The molecule has 8 heteroatoms. The number of nitrogens with one attached hydrogen (secondary N) is 1. The predicted molar refractivity (Wildman–Crippen MR) is 137 cm³/mol. The van der Waals surface area contributed by atoms with E-state index in [4.69, 9.17) is 10.1 Å². The number of hydrazone groups is 1. The van der Waals surface area contributed by atoms with Crippen LogP contribution in [0, 0.1) is 26.2 Å². The molecule has 0 saturated carbocycles. The number of carbonyl (C=O) groups excluding carboxylic acids is 1. The molecule has 7 nitrogen and oxygen atoms in total. The molecule has 3 aromatic rings. The third-order valence-corrected chi connectivity index (χ3v) is 6.77. The lowest BCUT2D eigenvalue weighted by atomic mass is 10.1. The lowest BCUT2D eigenvalue weighted by Gasteiger charge is -2.20. The molecule has 170 valence electrons. The number of hydrogen-bond acceptors (Lipinski definition) is 5. The first-order valence-electron chi connectivity index (χ1n) is 10.8. The van der Waals surface area contributed by atoms with Crippen LogP contribution >= 0.6 is 11.8 Å². The van der Waals surface area contributed by atoms with E-state index in [0.29, 0.717) is 5.17 Å². The normalized spacial score (nSPS) is 16.6. The van der Waals surface area contributed by atoms with Crippen LogP contribution in [-0.2, 0) is 4.79 Å². The zero-order chi connectivity index (χ0) is 24.0. The second-order valence-electron chi connectivity index (χ2n) is 8.13. The quantitative estimate of drug-likeness (QED) is 0.540. The molecule has 0 spiro atoms. The van der Waals surface area contributed by atoms with Crippen molar-refractivity contribution >= 4 is 39.8 Å². The van der Waals surface area contributed by atoms with Gasteiger partial charge in [-0.2, -0.15) is 15.1 Å². The number of amidine groups is 2. The Morgan fingerprint density at radius 1 is 1.06 bits per heavy atom. The average Bonchev–Trinajstić information content (AvgIpc) is 3.37. The Bertz CT molecular complexity index is 1450. The SMILES string of the molecule is COc1ccccc1-n1c(C)cc(/C=C2\C(=N)N3N=C(c4cccc(C)c4)SC3=NC2=O)c1C. The number of carbonyl (C=O) groups is 1. The van der Waals surface area contributed by atoms with E-state index in [-0.39, 0.29) is 11.4 Å². The van der Waals surface area contributed by atoms with Crippen LogP contribution in [0.1, 0.15) is 28.1 Å². The second-order valence-corrected chi connectivity index (χ2v) is 9.08. The molecule has 0 unspecified atom stereocenters. The van der Waals surface area contributed by atoms with E-state index in [1.807, 2.05) is 75.4 Å². The minimum atomic E-state index is -0.438. The largest absolute Gasteiger partial charge is 0.495 e. The molecule has 5 rings (SSSR count). The zero-order valence-electron chi connectivity index (χ0n) is 19.3. The number of para-hydroxylation sites is 2. The van der Waals surface area contributed by atoms with Gasteiger partial charge in [0, 0.05) is 17.0 Å². The number of ether oxygens (including phenoxy) is 1.